The van der Waals surface area contributed by atoms with Crippen LogP contribution in [-0.4, -0.2) is 26.8 Å². The van der Waals surface area contributed by atoms with Crippen molar-refractivity contribution in [3.05, 3.63) is 126 Å². The smallest absolute Gasteiger partial charge is 0.328 e. The summed E-state index contributed by atoms with van der Waals surface area (Å²) in [5.41, 5.74) is 4.52. The van der Waals surface area contributed by atoms with Crippen molar-refractivity contribution < 1.29 is 19.1 Å². The number of nitrogens with zero attached hydrogens (tertiary/aromatic N) is 3. The quantitative estimate of drug-likeness (QED) is 0.263. The molecule has 5 aromatic rings. The summed E-state index contributed by atoms with van der Waals surface area (Å²) >= 11 is 0. The van der Waals surface area contributed by atoms with Crippen molar-refractivity contribution in [1.82, 2.24) is 9.78 Å². The van der Waals surface area contributed by atoms with Crippen molar-refractivity contribution in [1.29, 1.82) is 0 Å². The van der Waals surface area contributed by atoms with E-state index in [-0.39, 0.29) is 12.5 Å². The summed E-state index contributed by atoms with van der Waals surface area (Å²) in [6.45, 7) is -0.00637. The SMILES string of the molecule is Cn1ncc2cc(-c3ccc(CN(C(=O)c4ccccc4)c4cccc(C=CC(=O)O)c4)c(F)c3)ccc21. The minimum Gasteiger partial charge on any atom is -0.478 e. The van der Waals surface area contributed by atoms with E-state index in [9.17, 15) is 9.59 Å². The molecule has 6 nitrogen and oxygen atoms in total. The fourth-order valence-corrected chi connectivity index (χ4v) is 4.35. The van der Waals surface area contributed by atoms with E-state index in [0.717, 1.165) is 28.1 Å². The zero-order chi connectivity index (χ0) is 26.6. The topological polar surface area (TPSA) is 75.4 Å². The number of aromatic nitrogens is 2. The van der Waals surface area contributed by atoms with E-state index in [4.69, 9.17) is 5.11 Å². The molecule has 0 spiro atoms. The Bertz CT molecular complexity index is 1670. The van der Waals surface area contributed by atoms with Crippen LogP contribution in [0.25, 0.3) is 28.1 Å². The first kappa shape index (κ1) is 24.6. The van der Waals surface area contributed by atoms with Crippen molar-refractivity contribution in [2.45, 2.75) is 6.54 Å². The van der Waals surface area contributed by atoms with E-state index in [1.165, 1.54) is 17.0 Å². The molecule has 0 saturated heterocycles. The first-order chi connectivity index (χ1) is 18.4. The largest absolute Gasteiger partial charge is 0.478 e. The molecule has 4 aromatic carbocycles. The number of carbonyl (C=O) groups excluding carboxylic acids is 1. The average Bonchev–Trinajstić information content (AvgIpc) is 3.31. The molecule has 0 unspecified atom stereocenters. The number of fused-ring (bicyclic) bond motifs is 1. The molecule has 1 amide bonds. The zero-order valence-corrected chi connectivity index (χ0v) is 20.6. The van der Waals surface area contributed by atoms with Crippen LogP contribution in [0.4, 0.5) is 10.1 Å². The lowest BCUT2D eigenvalue weighted by Crippen LogP contribution is -2.30. The highest BCUT2D eigenvalue weighted by Crippen LogP contribution is 2.28. The van der Waals surface area contributed by atoms with Crippen LogP contribution in [0.15, 0.2) is 103 Å². The van der Waals surface area contributed by atoms with E-state index in [1.54, 1.807) is 65.5 Å². The zero-order valence-electron chi connectivity index (χ0n) is 20.6. The third-order valence-corrected chi connectivity index (χ3v) is 6.33. The molecule has 1 aromatic heterocycles. The van der Waals surface area contributed by atoms with Gasteiger partial charge >= 0.3 is 5.97 Å². The second-order valence-corrected chi connectivity index (χ2v) is 8.87. The molecule has 0 fully saturated rings. The summed E-state index contributed by atoms with van der Waals surface area (Å²) < 4.78 is 17.2. The maximum atomic E-state index is 15.5. The number of anilines is 1. The number of halogens is 1. The molecule has 1 N–H and O–H groups in total. The molecule has 188 valence electrons. The van der Waals surface area contributed by atoms with Gasteiger partial charge in [-0.25, -0.2) is 9.18 Å². The van der Waals surface area contributed by atoms with Crippen LogP contribution in [0.2, 0.25) is 0 Å². The van der Waals surface area contributed by atoms with Crippen molar-refractivity contribution in [3.8, 4) is 11.1 Å². The molecule has 0 saturated carbocycles. The predicted octanol–water partition coefficient (Wildman–Crippen LogP) is 6.32. The molecule has 7 heteroatoms. The van der Waals surface area contributed by atoms with Gasteiger partial charge in [0, 0.05) is 35.3 Å². The Morgan fingerprint density at radius 3 is 2.47 bits per heavy atom. The summed E-state index contributed by atoms with van der Waals surface area (Å²) in [4.78, 5) is 26.0. The highest BCUT2D eigenvalue weighted by atomic mass is 19.1. The Morgan fingerprint density at radius 2 is 1.71 bits per heavy atom. The fraction of sp³-hybridized carbons (Fsp3) is 0.0645. The van der Waals surface area contributed by atoms with E-state index < -0.39 is 11.8 Å². The lowest BCUT2D eigenvalue weighted by Gasteiger charge is -2.24. The van der Waals surface area contributed by atoms with Gasteiger partial charge in [-0.1, -0.05) is 48.5 Å². The molecule has 5 rings (SSSR count). The average molecular weight is 506 g/mol. The van der Waals surface area contributed by atoms with Gasteiger partial charge in [-0.2, -0.15) is 5.10 Å². The summed E-state index contributed by atoms with van der Waals surface area (Å²) in [5.74, 6) is -1.80. The number of benzene rings is 4. The van der Waals surface area contributed by atoms with Crippen LogP contribution in [0, 0.1) is 5.82 Å². The first-order valence-electron chi connectivity index (χ1n) is 12.0. The molecule has 0 atom stereocenters. The second kappa shape index (κ2) is 10.5. The highest BCUT2D eigenvalue weighted by Gasteiger charge is 2.20. The number of hydrogen-bond donors (Lipinski definition) is 1. The van der Waals surface area contributed by atoms with Crippen LogP contribution in [0.3, 0.4) is 0 Å². The monoisotopic (exact) mass is 505 g/mol. The van der Waals surface area contributed by atoms with Gasteiger partial charge in [0.1, 0.15) is 5.82 Å². The molecule has 0 bridgehead atoms. The van der Waals surface area contributed by atoms with Gasteiger partial charge in [-0.05, 0) is 65.2 Å². The molecule has 38 heavy (non-hydrogen) atoms. The highest BCUT2D eigenvalue weighted by molar-refractivity contribution is 6.06. The summed E-state index contributed by atoms with van der Waals surface area (Å²) in [6.07, 6.45) is 4.26. The number of carboxylic acids is 1. The number of aliphatic carboxylic acids is 1. The first-order valence-corrected chi connectivity index (χ1v) is 12.0. The standard InChI is InChI=1S/C31H24FN3O3/c1-34-29-14-13-23(17-26(29)19-33-34)24-11-12-25(28(32)18-24)20-35(31(38)22-7-3-2-4-8-22)27-9-5-6-21(16-27)10-15-30(36)37/h2-19H,20H2,1H3,(H,36,37). The Labute approximate surface area is 218 Å². The number of amides is 1. The lowest BCUT2D eigenvalue weighted by molar-refractivity contribution is -0.131. The van der Waals surface area contributed by atoms with E-state index >= 15 is 4.39 Å². The minimum absolute atomic E-state index is 0.00637. The minimum atomic E-state index is -1.07. The number of carbonyl (C=O) groups is 2. The number of carboxylic acid groups (broad SMARTS) is 1. The van der Waals surface area contributed by atoms with Gasteiger partial charge in [0.2, 0.25) is 0 Å². The summed E-state index contributed by atoms with van der Waals surface area (Å²) in [6, 6.07) is 26.6. The molecule has 0 radical (unpaired) electrons. The summed E-state index contributed by atoms with van der Waals surface area (Å²) in [5, 5.41) is 14.2. The molecule has 1 heterocycles. The Kier molecular flexibility index (Phi) is 6.82. The van der Waals surface area contributed by atoms with Crippen LogP contribution in [0.1, 0.15) is 21.5 Å². The molecule has 0 aliphatic heterocycles. The summed E-state index contributed by atoms with van der Waals surface area (Å²) in [7, 11) is 1.87. The number of hydrogen-bond acceptors (Lipinski definition) is 3. The number of aryl methyl sites for hydroxylation is 1. The Hall–Kier alpha value is -5.04. The van der Waals surface area contributed by atoms with Gasteiger partial charge < -0.3 is 10.0 Å². The van der Waals surface area contributed by atoms with Gasteiger partial charge in [-0.15, -0.1) is 0 Å². The number of rotatable bonds is 7. The maximum Gasteiger partial charge on any atom is 0.328 e. The van der Waals surface area contributed by atoms with Crippen LogP contribution < -0.4 is 4.90 Å². The molecule has 0 aliphatic rings. The van der Waals surface area contributed by atoms with Gasteiger partial charge in [-0.3, -0.25) is 9.48 Å². The van der Waals surface area contributed by atoms with E-state index in [2.05, 4.69) is 5.10 Å². The third kappa shape index (κ3) is 5.22. The Balaban J connectivity index is 1.49. The Morgan fingerprint density at radius 1 is 0.947 bits per heavy atom. The predicted molar refractivity (Wildman–Crippen MR) is 146 cm³/mol. The van der Waals surface area contributed by atoms with E-state index in [1.807, 2.05) is 37.4 Å². The fourth-order valence-electron chi connectivity index (χ4n) is 4.35. The second-order valence-electron chi connectivity index (χ2n) is 8.87. The van der Waals surface area contributed by atoms with Crippen LogP contribution in [-0.2, 0) is 18.4 Å². The molecule has 0 aliphatic carbocycles. The van der Waals surface area contributed by atoms with Crippen LogP contribution >= 0.6 is 0 Å². The van der Waals surface area contributed by atoms with E-state index in [0.29, 0.717) is 22.4 Å². The van der Waals surface area contributed by atoms with Crippen molar-refractivity contribution in [2.24, 2.45) is 7.05 Å². The van der Waals surface area contributed by atoms with Gasteiger partial charge in [0.15, 0.2) is 0 Å². The molecular formula is C31H24FN3O3. The van der Waals surface area contributed by atoms with Gasteiger partial charge in [0.05, 0.1) is 18.3 Å². The normalized spacial score (nSPS) is 11.2. The van der Waals surface area contributed by atoms with Crippen LogP contribution in [0.5, 0.6) is 0 Å². The maximum absolute atomic E-state index is 15.5. The molecular weight excluding hydrogens is 481 g/mol. The lowest BCUT2D eigenvalue weighted by atomic mass is 10.0. The third-order valence-electron chi connectivity index (χ3n) is 6.33. The van der Waals surface area contributed by atoms with Crippen molar-refractivity contribution in [3.63, 3.8) is 0 Å². The van der Waals surface area contributed by atoms with Crippen molar-refractivity contribution >= 4 is 34.5 Å². The van der Waals surface area contributed by atoms with Crippen molar-refractivity contribution in [2.75, 3.05) is 4.90 Å². The van der Waals surface area contributed by atoms with Gasteiger partial charge in [0.25, 0.3) is 5.91 Å².